The number of ether oxygens (including phenoxy) is 2. The van der Waals surface area contributed by atoms with E-state index in [9.17, 15) is 13.6 Å². The van der Waals surface area contributed by atoms with Gasteiger partial charge in [0.25, 0.3) is 0 Å². The summed E-state index contributed by atoms with van der Waals surface area (Å²) in [5, 5.41) is 5.62. The van der Waals surface area contributed by atoms with Crippen molar-refractivity contribution in [3.05, 3.63) is 29.8 Å². The third-order valence-corrected chi connectivity index (χ3v) is 5.81. The number of nitrogens with zero attached hydrogens (tertiary/aromatic N) is 3. The number of amides is 1. The molecule has 0 unspecified atom stereocenters. The van der Waals surface area contributed by atoms with Crippen molar-refractivity contribution in [2.75, 3.05) is 23.8 Å². The number of aromatic nitrogens is 3. The summed E-state index contributed by atoms with van der Waals surface area (Å²) in [6.07, 6.45) is 6.07. The van der Waals surface area contributed by atoms with Crippen LogP contribution in [-0.2, 0) is 15.5 Å². The van der Waals surface area contributed by atoms with E-state index in [0.29, 0.717) is 35.0 Å². The molecule has 32 heavy (non-hydrogen) atoms. The van der Waals surface area contributed by atoms with Gasteiger partial charge in [-0.25, -0.2) is 15.0 Å². The van der Waals surface area contributed by atoms with Crippen LogP contribution in [0, 0.1) is 12.3 Å². The normalized spacial score (nSPS) is 19.5. The van der Waals surface area contributed by atoms with Gasteiger partial charge in [-0.2, -0.15) is 8.78 Å². The van der Waals surface area contributed by atoms with Gasteiger partial charge in [-0.15, -0.1) is 0 Å². The van der Waals surface area contributed by atoms with Crippen LogP contribution in [-0.4, -0.2) is 40.2 Å². The Hall–Kier alpha value is -2.88. The summed E-state index contributed by atoms with van der Waals surface area (Å²) in [4.78, 5) is 23.4. The lowest BCUT2D eigenvalue weighted by molar-refractivity contribution is -0.114. The van der Waals surface area contributed by atoms with Gasteiger partial charge in [-0.1, -0.05) is 6.42 Å². The first-order valence-electron chi connectivity index (χ1n) is 10.6. The van der Waals surface area contributed by atoms with Crippen LogP contribution in [0.4, 0.5) is 26.1 Å². The molecule has 0 radical (unpaired) electrons. The topological polar surface area (TPSA) is 98.3 Å². The maximum Gasteiger partial charge on any atom is 0.303 e. The fraction of sp³-hybridized carbons (Fsp3) is 0.545. The molecule has 0 bridgehead atoms. The van der Waals surface area contributed by atoms with Gasteiger partial charge in [-0.05, 0) is 31.6 Å². The van der Waals surface area contributed by atoms with Gasteiger partial charge in [0.05, 0.1) is 24.6 Å². The molecule has 1 saturated heterocycles. The average molecular weight is 447 g/mol. The highest BCUT2D eigenvalue weighted by atomic mass is 19.3. The predicted molar refractivity (Wildman–Crippen MR) is 114 cm³/mol. The van der Waals surface area contributed by atoms with Crippen molar-refractivity contribution >= 4 is 23.2 Å². The Bertz CT molecular complexity index is 1010. The smallest absolute Gasteiger partial charge is 0.303 e. The van der Waals surface area contributed by atoms with E-state index in [1.807, 2.05) is 0 Å². The van der Waals surface area contributed by atoms with Crippen LogP contribution in [0.25, 0.3) is 0 Å². The molecule has 1 saturated carbocycles. The maximum absolute atomic E-state index is 13.8. The highest BCUT2D eigenvalue weighted by Gasteiger charge is 2.44. The van der Waals surface area contributed by atoms with Crippen molar-refractivity contribution in [1.29, 1.82) is 0 Å². The monoisotopic (exact) mass is 447 g/mol. The van der Waals surface area contributed by atoms with Crippen LogP contribution in [0.3, 0.4) is 0 Å². The summed E-state index contributed by atoms with van der Waals surface area (Å²) < 4.78 is 39.5. The third kappa shape index (κ3) is 5.12. The van der Waals surface area contributed by atoms with E-state index in [2.05, 4.69) is 25.6 Å². The molecule has 10 heteroatoms. The van der Waals surface area contributed by atoms with E-state index in [4.69, 9.17) is 9.47 Å². The second kappa shape index (κ2) is 8.57. The Morgan fingerprint density at radius 1 is 1.31 bits per heavy atom. The number of carbonyl (C=O) groups is 1. The molecule has 2 N–H and O–H groups in total. The minimum absolute atomic E-state index is 0.00940. The fourth-order valence-electron chi connectivity index (χ4n) is 4.08. The standard InChI is InChI=1S/C22H27F2N5O3/c1-13-7-19(29-20(26-13)21(3,23)24)28-16-8-18(27-14(2)30)25-10-17(16)31-11-15-9-22(12-32-15)5-4-6-22/h7-8,10,15H,4-6,9,11-12H2,1-3H3,(H2,25,26,27,28,29,30)/t15-/m1/s1. The van der Waals surface area contributed by atoms with Crippen LogP contribution < -0.4 is 15.4 Å². The molecule has 2 aromatic heterocycles. The Morgan fingerprint density at radius 2 is 2.09 bits per heavy atom. The molecule has 0 aromatic carbocycles. The molecule has 1 atom stereocenters. The molecular formula is C22H27F2N5O3. The minimum Gasteiger partial charge on any atom is -0.487 e. The first-order valence-corrected chi connectivity index (χ1v) is 10.6. The first kappa shape index (κ1) is 22.3. The van der Waals surface area contributed by atoms with E-state index in [1.165, 1.54) is 32.4 Å². The zero-order valence-electron chi connectivity index (χ0n) is 18.4. The van der Waals surface area contributed by atoms with Gasteiger partial charge in [0.2, 0.25) is 11.7 Å². The van der Waals surface area contributed by atoms with Crippen molar-refractivity contribution in [1.82, 2.24) is 15.0 Å². The summed E-state index contributed by atoms with van der Waals surface area (Å²) in [5.41, 5.74) is 1.13. The molecule has 172 valence electrons. The molecule has 3 heterocycles. The van der Waals surface area contributed by atoms with Crippen LogP contribution in [0.5, 0.6) is 5.75 Å². The highest BCUT2D eigenvalue weighted by molar-refractivity contribution is 5.88. The highest BCUT2D eigenvalue weighted by Crippen LogP contribution is 2.49. The van der Waals surface area contributed by atoms with Gasteiger partial charge >= 0.3 is 5.92 Å². The zero-order chi connectivity index (χ0) is 22.9. The van der Waals surface area contributed by atoms with Crippen LogP contribution in [0.1, 0.15) is 51.0 Å². The maximum atomic E-state index is 13.8. The number of pyridine rings is 1. The van der Waals surface area contributed by atoms with Gasteiger partial charge in [0.1, 0.15) is 18.2 Å². The number of rotatable bonds is 7. The third-order valence-electron chi connectivity index (χ3n) is 5.81. The SMILES string of the molecule is CC(=O)Nc1cc(Nc2cc(C)nc(C(C)(F)F)n2)c(OC[C@H]2CC3(CCC3)CO2)cn1. The van der Waals surface area contributed by atoms with Crippen molar-refractivity contribution in [3.63, 3.8) is 0 Å². The number of carbonyl (C=O) groups excluding carboxylic acids is 1. The van der Waals surface area contributed by atoms with E-state index >= 15 is 0 Å². The number of hydrogen-bond donors (Lipinski definition) is 2. The minimum atomic E-state index is -3.18. The number of alkyl halides is 2. The average Bonchev–Trinajstić information content (AvgIpc) is 3.11. The van der Waals surface area contributed by atoms with Crippen molar-refractivity contribution in [2.45, 2.75) is 58.5 Å². The Morgan fingerprint density at radius 3 is 2.72 bits per heavy atom. The molecular weight excluding hydrogens is 420 g/mol. The summed E-state index contributed by atoms with van der Waals surface area (Å²) in [7, 11) is 0. The van der Waals surface area contributed by atoms with Gasteiger partial charge in [0.15, 0.2) is 5.75 Å². The second-order valence-electron chi connectivity index (χ2n) is 8.78. The number of hydrogen-bond acceptors (Lipinski definition) is 7. The van der Waals surface area contributed by atoms with E-state index in [-0.39, 0.29) is 17.8 Å². The van der Waals surface area contributed by atoms with Crippen LogP contribution in [0.15, 0.2) is 18.3 Å². The van der Waals surface area contributed by atoms with E-state index in [1.54, 1.807) is 19.1 Å². The number of aryl methyl sites for hydroxylation is 1. The lowest BCUT2D eigenvalue weighted by atomic mass is 9.68. The largest absolute Gasteiger partial charge is 0.487 e. The zero-order valence-corrected chi connectivity index (χ0v) is 18.4. The fourth-order valence-corrected chi connectivity index (χ4v) is 4.08. The molecule has 2 aromatic rings. The van der Waals surface area contributed by atoms with Crippen LogP contribution in [0.2, 0.25) is 0 Å². The first-order chi connectivity index (χ1) is 15.1. The number of halogens is 2. The molecule has 1 aliphatic carbocycles. The molecule has 1 aliphatic heterocycles. The van der Waals surface area contributed by atoms with Gasteiger partial charge in [0, 0.05) is 31.7 Å². The number of anilines is 3. The van der Waals surface area contributed by atoms with Crippen LogP contribution >= 0.6 is 0 Å². The summed E-state index contributed by atoms with van der Waals surface area (Å²) in [5.74, 6) is -3.16. The number of nitrogens with one attached hydrogen (secondary N) is 2. The molecule has 2 aliphatic rings. The Labute approximate surface area is 185 Å². The van der Waals surface area contributed by atoms with E-state index in [0.717, 1.165) is 20.0 Å². The Kier molecular flexibility index (Phi) is 5.98. The van der Waals surface area contributed by atoms with Crippen molar-refractivity contribution in [2.24, 2.45) is 5.41 Å². The molecule has 2 fully saturated rings. The van der Waals surface area contributed by atoms with Gasteiger partial charge in [-0.3, -0.25) is 4.79 Å². The van der Waals surface area contributed by atoms with Crippen molar-refractivity contribution in [3.8, 4) is 5.75 Å². The van der Waals surface area contributed by atoms with Crippen molar-refractivity contribution < 1.29 is 23.0 Å². The summed E-state index contributed by atoms with van der Waals surface area (Å²) >= 11 is 0. The summed E-state index contributed by atoms with van der Waals surface area (Å²) in [6.45, 7) is 4.84. The Balaban J connectivity index is 1.55. The van der Waals surface area contributed by atoms with E-state index < -0.39 is 11.7 Å². The molecule has 8 nitrogen and oxygen atoms in total. The lowest BCUT2D eigenvalue weighted by Gasteiger charge is -2.36. The summed E-state index contributed by atoms with van der Waals surface area (Å²) in [6, 6.07) is 3.12. The second-order valence-corrected chi connectivity index (χ2v) is 8.78. The molecule has 4 rings (SSSR count). The lowest BCUT2D eigenvalue weighted by Crippen LogP contribution is -2.30. The molecule has 1 spiro atoms. The van der Waals surface area contributed by atoms with Gasteiger partial charge < -0.3 is 20.1 Å². The quantitative estimate of drug-likeness (QED) is 0.652. The predicted octanol–water partition coefficient (Wildman–Crippen LogP) is 4.33. The molecule has 1 amide bonds.